The van der Waals surface area contributed by atoms with E-state index in [2.05, 4.69) is 9.97 Å². The summed E-state index contributed by atoms with van der Waals surface area (Å²) in [5.74, 6) is 0.550. The molecule has 2 heterocycles. The molecule has 1 N–H and O–H groups in total. The van der Waals surface area contributed by atoms with Gasteiger partial charge in [0.05, 0.1) is 5.69 Å². The molecule has 2 aromatic rings. The molecule has 0 spiro atoms. The Kier molecular flexibility index (Phi) is 3.00. The van der Waals surface area contributed by atoms with E-state index in [0.29, 0.717) is 12.4 Å². The quantitative estimate of drug-likeness (QED) is 0.848. The van der Waals surface area contributed by atoms with E-state index in [0.717, 1.165) is 11.3 Å². The molecule has 0 atom stereocenters. The Bertz CT molecular complexity index is 534. The van der Waals surface area contributed by atoms with Gasteiger partial charge in [0, 0.05) is 18.5 Å². The van der Waals surface area contributed by atoms with Gasteiger partial charge in [0.2, 0.25) is 0 Å². The summed E-state index contributed by atoms with van der Waals surface area (Å²) in [4.78, 5) is 17.8. The van der Waals surface area contributed by atoms with Gasteiger partial charge in [-0.2, -0.15) is 0 Å². The maximum absolute atomic E-state index is 11.0. The van der Waals surface area contributed by atoms with Crippen molar-refractivity contribution in [3.05, 3.63) is 58.3 Å². The van der Waals surface area contributed by atoms with Crippen LogP contribution in [0.5, 0.6) is 5.75 Å². The Balaban J connectivity index is 2.08. The fourth-order valence-electron chi connectivity index (χ4n) is 1.34. The smallest absolute Gasteiger partial charge is 0.251 e. The SMILES string of the molecule is Cc1cccnc1COc1cc[nH]c(=O)c1. The number of H-pyrrole nitrogens is 1. The molecule has 0 aliphatic rings. The number of aryl methyl sites for hydroxylation is 1. The second-order valence-electron chi connectivity index (χ2n) is 3.44. The monoisotopic (exact) mass is 216 g/mol. The Morgan fingerprint density at radius 1 is 1.44 bits per heavy atom. The Labute approximate surface area is 92.9 Å². The van der Waals surface area contributed by atoms with Crippen LogP contribution in [0.4, 0.5) is 0 Å². The number of aromatic amines is 1. The molecule has 0 saturated carbocycles. The highest BCUT2D eigenvalue weighted by Gasteiger charge is 2.00. The summed E-state index contributed by atoms with van der Waals surface area (Å²) in [5.41, 5.74) is 1.78. The molecule has 82 valence electrons. The zero-order valence-corrected chi connectivity index (χ0v) is 8.93. The van der Waals surface area contributed by atoms with Gasteiger partial charge in [0.1, 0.15) is 12.4 Å². The van der Waals surface area contributed by atoms with Crippen molar-refractivity contribution in [3.63, 3.8) is 0 Å². The molecule has 0 amide bonds. The third-order valence-electron chi connectivity index (χ3n) is 2.24. The molecule has 0 aliphatic carbocycles. The van der Waals surface area contributed by atoms with E-state index < -0.39 is 0 Å². The predicted molar refractivity (Wildman–Crippen MR) is 60.4 cm³/mol. The normalized spacial score (nSPS) is 10.1. The summed E-state index contributed by atoms with van der Waals surface area (Å²) in [6.45, 7) is 2.35. The molecule has 16 heavy (non-hydrogen) atoms. The molecule has 0 saturated heterocycles. The number of hydrogen-bond acceptors (Lipinski definition) is 3. The van der Waals surface area contributed by atoms with Crippen LogP contribution in [0.25, 0.3) is 0 Å². The van der Waals surface area contributed by atoms with Crippen LogP contribution in [0.3, 0.4) is 0 Å². The van der Waals surface area contributed by atoms with E-state index in [1.807, 2.05) is 19.1 Å². The summed E-state index contributed by atoms with van der Waals surface area (Å²) in [7, 11) is 0. The fraction of sp³-hybridized carbons (Fsp3) is 0.167. The largest absolute Gasteiger partial charge is 0.487 e. The van der Waals surface area contributed by atoms with Gasteiger partial charge in [0.15, 0.2) is 0 Å². The average molecular weight is 216 g/mol. The van der Waals surface area contributed by atoms with Crippen molar-refractivity contribution >= 4 is 0 Å². The van der Waals surface area contributed by atoms with Gasteiger partial charge in [-0.15, -0.1) is 0 Å². The van der Waals surface area contributed by atoms with Gasteiger partial charge in [-0.3, -0.25) is 9.78 Å². The van der Waals surface area contributed by atoms with E-state index in [9.17, 15) is 4.79 Å². The van der Waals surface area contributed by atoms with E-state index in [-0.39, 0.29) is 5.56 Å². The summed E-state index contributed by atoms with van der Waals surface area (Å²) < 4.78 is 5.47. The number of nitrogens with zero attached hydrogens (tertiary/aromatic N) is 1. The van der Waals surface area contributed by atoms with E-state index in [1.165, 1.54) is 6.07 Å². The topological polar surface area (TPSA) is 55.0 Å². The Morgan fingerprint density at radius 3 is 3.06 bits per heavy atom. The van der Waals surface area contributed by atoms with E-state index in [4.69, 9.17) is 4.74 Å². The fourth-order valence-corrected chi connectivity index (χ4v) is 1.34. The Hall–Kier alpha value is -2.10. The second-order valence-corrected chi connectivity index (χ2v) is 3.44. The standard InChI is InChI=1S/C12H12N2O2/c1-9-3-2-5-13-11(9)8-16-10-4-6-14-12(15)7-10/h2-7H,8H2,1H3,(H,14,15). The molecule has 4 nitrogen and oxygen atoms in total. The highest BCUT2D eigenvalue weighted by Crippen LogP contribution is 2.09. The first kappa shape index (κ1) is 10.4. The van der Waals surface area contributed by atoms with E-state index in [1.54, 1.807) is 18.5 Å². The zero-order valence-electron chi connectivity index (χ0n) is 8.93. The molecular weight excluding hydrogens is 204 g/mol. The van der Waals surface area contributed by atoms with Crippen LogP contribution in [0, 0.1) is 6.92 Å². The molecule has 0 aromatic carbocycles. The number of rotatable bonds is 3. The van der Waals surface area contributed by atoms with Crippen LogP contribution in [0.2, 0.25) is 0 Å². The molecule has 4 heteroatoms. The number of pyridine rings is 2. The summed E-state index contributed by atoms with van der Waals surface area (Å²) >= 11 is 0. The molecule has 2 rings (SSSR count). The lowest BCUT2D eigenvalue weighted by molar-refractivity contribution is 0.300. The average Bonchev–Trinajstić information content (AvgIpc) is 2.28. The molecule has 0 fully saturated rings. The van der Waals surface area contributed by atoms with Crippen LogP contribution >= 0.6 is 0 Å². The van der Waals surface area contributed by atoms with Crippen molar-refractivity contribution in [1.82, 2.24) is 9.97 Å². The molecule has 0 aliphatic heterocycles. The van der Waals surface area contributed by atoms with Crippen LogP contribution in [-0.2, 0) is 6.61 Å². The van der Waals surface area contributed by atoms with Crippen molar-refractivity contribution in [3.8, 4) is 5.75 Å². The van der Waals surface area contributed by atoms with Crippen molar-refractivity contribution in [2.45, 2.75) is 13.5 Å². The van der Waals surface area contributed by atoms with E-state index >= 15 is 0 Å². The van der Waals surface area contributed by atoms with Crippen molar-refractivity contribution < 1.29 is 4.74 Å². The minimum atomic E-state index is -0.171. The first-order valence-electron chi connectivity index (χ1n) is 4.98. The number of aromatic nitrogens is 2. The summed E-state index contributed by atoms with van der Waals surface area (Å²) in [6, 6.07) is 6.98. The first-order chi connectivity index (χ1) is 7.75. The first-order valence-corrected chi connectivity index (χ1v) is 4.98. The third-order valence-corrected chi connectivity index (χ3v) is 2.24. The maximum atomic E-state index is 11.0. The summed E-state index contributed by atoms with van der Waals surface area (Å²) in [6.07, 6.45) is 3.28. The molecule has 0 unspecified atom stereocenters. The minimum Gasteiger partial charge on any atom is -0.487 e. The maximum Gasteiger partial charge on any atom is 0.251 e. The lowest BCUT2D eigenvalue weighted by atomic mass is 10.2. The third kappa shape index (κ3) is 2.48. The second kappa shape index (κ2) is 4.61. The van der Waals surface area contributed by atoms with Crippen LogP contribution in [-0.4, -0.2) is 9.97 Å². The Morgan fingerprint density at radius 2 is 2.31 bits per heavy atom. The van der Waals surface area contributed by atoms with Gasteiger partial charge in [-0.25, -0.2) is 0 Å². The predicted octanol–water partition coefficient (Wildman–Crippen LogP) is 1.66. The van der Waals surface area contributed by atoms with Crippen molar-refractivity contribution in [2.24, 2.45) is 0 Å². The molecule has 2 aromatic heterocycles. The van der Waals surface area contributed by atoms with Gasteiger partial charge >= 0.3 is 0 Å². The lowest BCUT2D eigenvalue weighted by Gasteiger charge is -2.06. The van der Waals surface area contributed by atoms with Gasteiger partial charge < -0.3 is 9.72 Å². The van der Waals surface area contributed by atoms with Crippen molar-refractivity contribution in [1.29, 1.82) is 0 Å². The molecule has 0 radical (unpaired) electrons. The minimum absolute atomic E-state index is 0.171. The molecule has 0 bridgehead atoms. The van der Waals surface area contributed by atoms with Crippen molar-refractivity contribution in [2.75, 3.05) is 0 Å². The highest BCUT2D eigenvalue weighted by atomic mass is 16.5. The van der Waals surface area contributed by atoms with Gasteiger partial charge in [-0.05, 0) is 24.6 Å². The zero-order chi connectivity index (χ0) is 11.4. The molecular formula is C12H12N2O2. The number of hydrogen-bond donors (Lipinski definition) is 1. The van der Waals surface area contributed by atoms with Crippen LogP contribution in [0.15, 0.2) is 41.5 Å². The summed E-state index contributed by atoms with van der Waals surface area (Å²) in [5, 5.41) is 0. The number of ether oxygens (including phenoxy) is 1. The van der Waals surface area contributed by atoms with Crippen LogP contribution in [0.1, 0.15) is 11.3 Å². The van der Waals surface area contributed by atoms with Gasteiger partial charge in [-0.1, -0.05) is 6.07 Å². The highest BCUT2D eigenvalue weighted by molar-refractivity contribution is 5.20. The lowest BCUT2D eigenvalue weighted by Crippen LogP contribution is -2.05. The van der Waals surface area contributed by atoms with Crippen LogP contribution < -0.4 is 10.3 Å². The number of nitrogens with one attached hydrogen (secondary N) is 1. The van der Waals surface area contributed by atoms with Gasteiger partial charge in [0.25, 0.3) is 5.56 Å².